The molecule has 0 fully saturated rings. The second-order valence-electron chi connectivity index (χ2n) is 3.50. The first-order valence-corrected chi connectivity index (χ1v) is 5.28. The average Bonchev–Trinajstić information content (AvgIpc) is 2.71. The first-order chi connectivity index (χ1) is 8.53. The Morgan fingerprint density at radius 2 is 2.22 bits per heavy atom. The minimum Gasteiger partial charge on any atom is -0.446 e. The lowest BCUT2D eigenvalue weighted by Crippen LogP contribution is -2.20. The average molecular weight is 268 g/mol. The molecular formula is C10H15F3N2O3. The molecule has 0 bridgehead atoms. The van der Waals surface area contributed by atoms with Crippen molar-refractivity contribution in [3.63, 3.8) is 0 Å². The molecule has 8 heteroatoms. The Kier molecular flexibility index (Phi) is 6.10. The van der Waals surface area contributed by atoms with Gasteiger partial charge in [-0.2, -0.15) is 13.2 Å². The highest BCUT2D eigenvalue weighted by Gasteiger charge is 2.27. The predicted molar refractivity (Wildman–Crippen MR) is 55.8 cm³/mol. The summed E-state index contributed by atoms with van der Waals surface area (Å²) >= 11 is 0. The van der Waals surface area contributed by atoms with Crippen molar-refractivity contribution in [2.24, 2.45) is 0 Å². The van der Waals surface area contributed by atoms with E-state index in [4.69, 9.17) is 9.15 Å². The zero-order valence-electron chi connectivity index (χ0n) is 9.92. The Bertz CT molecular complexity index is 341. The zero-order chi connectivity index (χ0) is 13.4. The normalized spacial score (nSPS) is 12.0. The standard InChI is InChI=1S/C10H15F3N2O3/c1-16-3-2-14-4-8-9(18-7-15-8)5-17-6-10(11,12)13/h7,14H,2-6H2,1H3. The fraction of sp³-hybridized carbons (Fsp3) is 0.700. The van der Waals surface area contributed by atoms with Crippen LogP contribution in [0.25, 0.3) is 0 Å². The lowest BCUT2D eigenvalue weighted by molar-refractivity contribution is -0.177. The minimum atomic E-state index is -4.34. The summed E-state index contributed by atoms with van der Waals surface area (Å²) < 4.78 is 49.9. The third-order valence-electron chi connectivity index (χ3n) is 2.00. The number of methoxy groups -OCH3 is 1. The summed E-state index contributed by atoms with van der Waals surface area (Å²) in [6.07, 6.45) is -3.16. The lowest BCUT2D eigenvalue weighted by atomic mass is 10.3. The van der Waals surface area contributed by atoms with Crippen molar-refractivity contribution in [1.82, 2.24) is 10.3 Å². The molecule has 5 nitrogen and oxygen atoms in total. The van der Waals surface area contributed by atoms with Crippen molar-refractivity contribution in [3.05, 3.63) is 17.8 Å². The quantitative estimate of drug-likeness (QED) is 0.724. The van der Waals surface area contributed by atoms with E-state index in [1.165, 1.54) is 6.39 Å². The zero-order valence-corrected chi connectivity index (χ0v) is 9.92. The van der Waals surface area contributed by atoms with E-state index in [1.807, 2.05) is 0 Å². The number of nitrogens with one attached hydrogen (secondary N) is 1. The van der Waals surface area contributed by atoms with Gasteiger partial charge in [0.15, 0.2) is 12.2 Å². The highest BCUT2D eigenvalue weighted by atomic mass is 19.4. The molecule has 0 atom stereocenters. The Morgan fingerprint density at radius 3 is 2.89 bits per heavy atom. The van der Waals surface area contributed by atoms with Crippen LogP contribution >= 0.6 is 0 Å². The maximum absolute atomic E-state index is 11.9. The number of hydrogen-bond acceptors (Lipinski definition) is 5. The van der Waals surface area contributed by atoms with Crippen molar-refractivity contribution in [3.8, 4) is 0 Å². The maximum atomic E-state index is 11.9. The molecule has 0 aliphatic rings. The number of aromatic nitrogens is 1. The van der Waals surface area contributed by atoms with Crippen LogP contribution in [0.5, 0.6) is 0 Å². The van der Waals surface area contributed by atoms with Gasteiger partial charge in [-0.25, -0.2) is 4.98 Å². The molecule has 0 aliphatic carbocycles. The van der Waals surface area contributed by atoms with Gasteiger partial charge in [0.1, 0.15) is 13.2 Å². The van der Waals surface area contributed by atoms with Crippen LogP contribution in [0.4, 0.5) is 13.2 Å². The third-order valence-corrected chi connectivity index (χ3v) is 2.00. The molecule has 1 aromatic heterocycles. The number of oxazole rings is 1. The Balaban J connectivity index is 2.31. The fourth-order valence-electron chi connectivity index (χ4n) is 1.20. The van der Waals surface area contributed by atoms with Crippen molar-refractivity contribution < 1.29 is 27.1 Å². The molecular weight excluding hydrogens is 253 g/mol. The van der Waals surface area contributed by atoms with Crippen molar-refractivity contribution >= 4 is 0 Å². The summed E-state index contributed by atoms with van der Waals surface area (Å²) in [5, 5.41) is 3.01. The smallest absolute Gasteiger partial charge is 0.411 e. The van der Waals surface area contributed by atoms with Gasteiger partial charge in [-0.15, -0.1) is 0 Å². The van der Waals surface area contributed by atoms with Crippen molar-refractivity contribution in [2.75, 3.05) is 26.9 Å². The minimum absolute atomic E-state index is 0.249. The largest absolute Gasteiger partial charge is 0.446 e. The molecule has 0 saturated heterocycles. The Hall–Kier alpha value is -1.12. The van der Waals surface area contributed by atoms with E-state index in [-0.39, 0.29) is 6.61 Å². The molecule has 0 aliphatic heterocycles. The van der Waals surface area contributed by atoms with Crippen molar-refractivity contribution in [1.29, 1.82) is 0 Å². The molecule has 1 rings (SSSR count). The number of alkyl halides is 3. The van der Waals surface area contributed by atoms with Crippen LogP contribution in [0, 0.1) is 0 Å². The van der Waals surface area contributed by atoms with Gasteiger partial charge in [0.2, 0.25) is 0 Å². The summed E-state index contributed by atoms with van der Waals surface area (Å²) in [6, 6.07) is 0. The Labute approximate surface area is 102 Å². The highest BCUT2D eigenvalue weighted by molar-refractivity contribution is 5.05. The van der Waals surface area contributed by atoms with Gasteiger partial charge >= 0.3 is 6.18 Å². The molecule has 0 aromatic carbocycles. The van der Waals surface area contributed by atoms with Gasteiger partial charge in [0.05, 0.1) is 12.3 Å². The molecule has 0 saturated carbocycles. The summed E-state index contributed by atoms with van der Waals surface area (Å²) in [7, 11) is 1.58. The number of hydrogen-bond donors (Lipinski definition) is 1. The third kappa shape index (κ3) is 5.99. The molecule has 0 radical (unpaired) electrons. The van der Waals surface area contributed by atoms with Gasteiger partial charge < -0.3 is 19.2 Å². The van der Waals surface area contributed by atoms with Crippen LogP contribution < -0.4 is 5.32 Å². The molecule has 0 amide bonds. The van der Waals surface area contributed by atoms with E-state index < -0.39 is 12.8 Å². The van der Waals surface area contributed by atoms with Gasteiger partial charge in [-0.1, -0.05) is 0 Å². The summed E-state index contributed by atoms with van der Waals surface area (Å²) in [5.74, 6) is 0.296. The second-order valence-corrected chi connectivity index (χ2v) is 3.50. The van der Waals surface area contributed by atoms with Gasteiger partial charge in [-0.05, 0) is 0 Å². The molecule has 1 aromatic rings. The summed E-state index contributed by atoms with van der Waals surface area (Å²) in [4.78, 5) is 3.90. The van der Waals surface area contributed by atoms with Crippen LogP contribution in [0.1, 0.15) is 11.5 Å². The van der Waals surface area contributed by atoms with Crippen molar-refractivity contribution in [2.45, 2.75) is 19.3 Å². The van der Waals surface area contributed by atoms with Crippen LogP contribution in [-0.2, 0) is 22.6 Å². The van der Waals surface area contributed by atoms with Crippen LogP contribution in [0.3, 0.4) is 0 Å². The molecule has 1 N–H and O–H groups in total. The fourth-order valence-corrected chi connectivity index (χ4v) is 1.20. The molecule has 104 valence electrons. The second kappa shape index (κ2) is 7.34. The molecule has 0 unspecified atom stereocenters. The monoisotopic (exact) mass is 268 g/mol. The Morgan fingerprint density at radius 1 is 1.44 bits per heavy atom. The van der Waals surface area contributed by atoms with E-state index in [9.17, 15) is 13.2 Å². The summed E-state index contributed by atoms with van der Waals surface area (Å²) in [5.41, 5.74) is 0.535. The SMILES string of the molecule is COCCNCc1ncoc1COCC(F)(F)F. The number of ether oxygens (including phenoxy) is 2. The first-order valence-electron chi connectivity index (χ1n) is 5.28. The van der Waals surface area contributed by atoms with Crippen LogP contribution in [-0.4, -0.2) is 38.0 Å². The van der Waals surface area contributed by atoms with Gasteiger partial charge in [0, 0.05) is 20.2 Å². The topological polar surface area (TPSA) is 56.5 Å². The number of rotatable bonds is 8. The van der Waals surface area contributed by atoms with Crippen LogP contribution in [0.15, 0.2) is 10.8 Å². The molecule has 18 heavy (non-hydrogen) atoms. The van der Waals surface area contributed by atoms with Gasteiger partial charge in [0.25, 0.3) is 0 Å². The predicted octanol–water partition coefficient (Wildman–Crippen LogP) is 1.49. The van der Waals surface area contributed by atoms with Crippen LogP contribution in [0.2, 0.25) is 0 Å². The first kappa shape index (κ1) is 14.9. The van der Waals surface area contributed by atoms with E-state index in [1.54, 1.807) is 7.11 Å². The molecule has 0 spiro atoms. The maximum Gasteiger partial charge on any atom is 0.411 e. The number of nitrogens with zero attached hydrogens (tertiary/aromatic N) is 1. The van der Waals surface area contributed by atoms with E-state index in [0.29, 0.717) is 31.2 Å². The summed E-state index contributed by atoms with van der Waals surface area (Å²) in [6.45, 7) is -0.000414. The van der Waals surface area contributed by atoms with E-state index in [0.717, 1.165) is 0 Å². The van der Waals surface area contributed by atoms with E-state index in [2.05, 4.69) is 15.0 Å². The van der Waals surface area contributed by atoms with Gasteiger partial charge in [-0.3, -0.25) is 0 Å². The molecule has 1 heterocycles. The lowest BCUT2D eigenvalue weighted by Gasteiger charge is -2.07. The van der Waals surface area contributed by atoms with E-state index >= 15 is 0 Å². The highest BCUT2D eigenvalue weighted by Crippen LogP contribution is 2.16. The number of halogens is 3.